The summed E-state index contributed by atoms with van der Waals surface area (Å²) in [5, 5.41) is 14.7. The van der Waals surface area contributed by atoms with Gasteiger partial charge in [-0.25, -0.2) is 4.98 Å². The van der Waals surface area contributed by atoms with Crippen LogP contribution in [-0.2, 0) is 9.59 Å². The Bertz CT molecular complexity index is 1530. The summed E-state index contributed by atoms with van der Waals surface area (Å²) in [5.41, 5.74) is 2.51. The highest BCUT2D eigenvalue weighted by molar-refractivity contribution is 5.96. The van der Waals surface area contributed by atoms with Crippen molar-refractivity contribution in [2.45, 2.75) is 26.3 Å². The number of anilines is 2. The van der Waals surface area contributed by atoms with E-state index >= 15 is 0 Å². The molecule has 1 heterocycles. The molecule has 0 aliphatic heterocycles. The van der Waals surface area contributed by atoms with Crippen LogP contribution in [0.2, 0.25) is 0 Å². The molecule has 2 N–H and O–H groups in total. The Kier molecular flexibility index (Phi) is 6.69. The Morgan fingerprint density at radius 1 is 1.03 bits per heavy atom. The lowest BCUT2D eigenvalue weighted by molar-refractivity contribution is -0.119. The van der Waals surface area contributed by atoms with Crippen LogP contribution in [0.3, 0.4) is 0 Å². The van der Waals surface area contributed by atoms with Crippen LogP contribution in [0.1, 0.15) is 31.9 Å². The molecule has 2 amide bonds. The first-order valence-electron chi connectivity index (χ1n) is 11.1. The van der Waals surface area contributed by atoms with Crippen molar-refractivity contribution in [1.82, 2.24) is 9.55 Å². The van der Waals surface area contributed by atoms with Crippen LogP contribution >= 0.6 is 0 Å². The lowest BCUT2D eigenvalue weighted by Gasteiger charge is -2.19. The second-order valence-corrected chi connectivity index (χ2v) is 7.93. The third-order valence-electron chi connectivity index (χ3n) is 5.60. The zero-order valence-electron chi connectivity index (χ0n) is 19.3. The zero-order valence-corrected chi connectivity index (χ0v) is 19.3. The third kappa shape index (κ3) is 4.80. The first kappa shape index (κ1) is 23.4. The maximum absolute atomic E-state index is 13.8. The summed E-state index contributed by atoms with van der Waals surface area (Å²) >= 11 is 0. The van der Waals surface area contributed by atoms with Crippen LogP contribution in [0.15, 0.2) is 77.6 Å². The first-order chi connectivity index (χ1) is 16.9. The van der Waals surface area contributed by atoms with Gasteiger partial charge in [0, 0.05) is 17.7 Å². The van der Waals surface area contributed by atoms with E-state index < -0.39 is 17.5 Å². The van der Waals surface area contributed by atoms with Gasteiger partial charge < -0.3 is 10.6 Å². The van der Waals surface area contributed by atoms with Crippen molar-refractivity contribution in [2.75, 3.05) is 10.6 Å². The normalized spacial score (nSPS) is 11.5. The molecule has 0 aliphatic carbocycles. The van der Waals surface area contributed by atoms with Crippen molar-refractivity contribution in [3.05, 3.63) is 88.7 Å². The molecule has 4 aromatic rings. The molecular weight excluding hydrogens is 442 g/mol. The van der Waals surface area contributed by atoms with Crippen LogP contribution in [0.4, 0.5) is 11.4 Å². The second kappa shape index (κ2) is 10.0. The van der Waals surface area contributed by atoms with Gasteiger partial charge in [0.2, 0.25) is 11.8 Å². The van der Waals surface area contributed by atoms with Crippen LogP contribution in [0, 0.1) is 11.3 Å². The maximum atomic E-state index is 13.8. The van der Waals surface area contributed by atoms with E-state index in [0.29, 0.717) is 33.5 Å². The van der Waals surface area contributed by atoms with Gasteiger partial charge in [0.05, 0.1) is 28.4 Å². The summed E-state index contributed by atoms with van der Waals surface area (Å²) in [7, 11) is 0. The Morgan fingerprint density at radius 2 is 1.77 bits per heavy atom. The molecule has 0 radical (unpaired) electrons. The maximum Gasteiger partial charge on any atom is 0.278 e. The standard InChI is InChI=1S/C27H23N5O3/c1-3-24(33)30-21-12-5-4-11-20(21)25-27(35)32(23-14-7-6-13-22(23)31-25)17(2)26(34)29-19-10-8-9-18(15-19)16-28/h4-15,17H,3H2,1-2H3,(H,29,34)(H,30,33)/t17-/m1/s1. The summed E-state index contributed by atoms with van der Waals surface area (Å²) in [6.45, 7) is 3.37. The van der Waals surface area contributed by atoms with Crippen molar-refractivity contribution in [3.8, 4) is 17.3 Å². The van der Waals surface area contributed by atoms with Crippen molar-refractivity contribution in [1.29, 1.82) is 5.26 Å². The van der Waals surface area contributed by atoms with Crippen LogP contribution < -0.4 is 16.2 Å². The summed E-state index contributed by atoms with van der Waals surface area (Å²) in [4.78, 5) is 43.6. The summed E-state index contributed by atoms with van der Waals surface area (Å²) in [5.74, 6) is -0.608. The van der Waals surface area contributed by atoms with Gasteiger partial charge in [-0.05, 0) is 43.3 Å². The molecule has 0 saturated heterocycles. The lowest BCUT2D eigenvalue weighted by Crippen LogP contribution is -2.33. The van der Waals surface area contributed by atoms with Crippen LogP contribution in [0.5, 0.6) is 0 Å². The molecule has 3 aromatic carbocycles. The molecule has 8 heteroatoms. The third-order valence-corrected chi connectivity index (χ3v) is 5.60. The van der Waals surface area contributed by atoms with E-state index in [1.54, 1.807) is 86.6 Å². The summed E-state index contributed by atoms with van der Waals surface area (Å²) in [6, 6.07) is 21.7. The van der Waals surface area contributed by atoms with Crippen molar-refractivity contribution < 1.29 is 9.59 Å². The largest absolute Gasteiger partial charge is 0.325 e. The minimum atomic E-state index is -0.891. The van der Waals surface area contributed by atoms with E-state index in [-0.39, 0.29) is 18.0 Å². The Balaban J connectivity index is 1.83. The fourth-order valence-corrected chi connectivity index (χ4v) is 3.78. The van der Waals surface area contributed by atoms with E-state index in [1.807, 2.05) is 6.07 Å². The number of nitriles is 1. The van der Waals surface area contributed by atoms with Crippen molar-refractivity contribution >= 4 is 34.2 Å². The number of hydrogen-bond donors (Lipinski definition) is 2. The molecule has 1 aromatic heterocycles. The number of nitrogens with zero attached hydrogens (tertiary/aromatic N) is 3. The van der Waals surface area contributed by atoms with E-state index in [0.717, 1.165) is 0 Å². The van der Waals surface area contributed by atoms with E-state index in [1.165, 1.54) is 4.57 Å². The quantitative estimate of drug-likeness (QED) is 0.435. The number of carbonyl (C=O) groups excluding carboxylic acids is 2. The minimum absolute atomic E-state index is 0.127. The highest BCUT2D eigenvalue weighted by atomic mass is 16.2. The fraction of sp³-hybridized carbons (Fsp3) is 0.148. The number of hydrogen-bond acceptors (Lipinski definition) is 5. The average molecular weight is 466 g/mol. The van der Waals surface area contributed by atoms with Gasteiger partial charge in [-0.1, -0.05) is 43.3 Å². The van der Waals surface area contributed by atoms with Gasteiger partial charge in [0.25, 0.3) is 5.56 Å². The van der Waals surface area contributed by atoms with E-state index in [9.17, 15) is 14.4 Å². The number of nitrogens with one attached hydrogen (secondary N) is 2. The highest BCUT2D eigenvalue weighted by Gasteiger charge is 2.23. The molecule has 1 atom stereocenters. The van der Waals surface area contributed by atoms with Gasteiger partial charge in [-0.3, -0.25) is 19.0 Å². The summed E-state index contributed by atoms with van der Waals surface area (Å²) < 4.78 is 1.40. The van der Waals surface area contributed by atoms with Gasteiger partial charge in [-0.15, -0.1) is 0 Å². The molecule has 0 unspecified atom stereocenters. The Morgan fingerprint density at radius 3 is 2.54 bits per heavy atom. The molecule has 0 bridgehead atoms. The molecule has 8 nitrogen and oxygen atoms in total. The van der Waals surface area contributed by atoms with Crippen molar-refractivity contribution in [2.24, 2.45) is 0 Å². The number of para-hydroxylation sites is 3. The molecule has 174 valence electrons. The lowest BCUT2D eigenvalue weighted by atomic mass is 10.1. The number of rotatable bonds is 6. The predicted molar refractivity (Wildman–Crippen MR) is 135 cm³/mol. The number of carbonyl (C=O) groups is 2. The van der Waals surface area contributed by atoms with Gasteiger partial charge >= 0.3 is 0 Å². The molecule has 0 spiro atoms. The molecule has 35 heavy (non-hydrogen) atoms. The molecule has 0 aliphatic rings. The number of benzene rings is 3. The summed E-state index contributed by atoms with van der Waals surface area (Å²) in [6.07, 6.45) is 0.286. The van der Waals surface area contributed by atoms with Crippen molar-refractivity contribution in [3.63, 3.8) is 0 Å². The Labute approximate surface area is 201 Å². The second-order valence-electron chi connectivity index (χ2n) is 7.93. The van der Waals surface area contributed by atoms with Crippen LogP contribution in [0.25, 0.3) is 22.3 Å². The monoisotopic (exact) mass is 465 g/mol. The van der Waals surface area contributed by atoms with Gasteiger partial charge in [0.1, 0.15) is 11.7 Å². The van der Waals surface area contributed by atoms with E-state index in [4.69, 9.17) is 5.26 Å². The highest BCUT2D eigenvalue weighted by Crippen LogP contribution is 2.27. The zero-order chi connectivity index (χ0) is 24.9. The predicted octanol–water partition coefficient (Wildman–Crippen LogP) is 4.48. The topological polar surface area (TPSA) is 117 Å². The van der Waals surface area contributed by atoms with Gasteiger partial charge in [0.15, 0.2) is 0 Å². The smallest absolute Gasteiger partial charge is 0.278 e. The molecule has 4 rings (SSSR count). The number of fused-ring (bicyclic) bond motifs is 1. The number of amides is 2. The molecule has 0 saturated carbocycles. The molecule has 0 fully saturated rings. The fourth-order valence-electron chi connectivity index (χ4n) is 3.78. The van der Waals surface area contributed by atoms with Crippen LogP contribution in [-0.4, -0.2) is 21.4 Å². The van der Waals surface area contributed by atoms with Gasteiger partial charge in [-0.2, -0.15) is 5.26 Å². The SMILES string of the molecule is CCC(=O)Nc1ccccc1-c1nc2ccccc2n([C@H](C)C(=O)Nc2cccc(C#N)c2)c1=O. The van der Waals surface area contributed by atoms with E-state index in [2.05, 4.69) is 15.6 Å². The molecular formula is C27H23N5O3. The first-order valence-corrected chi connectivity index (χ1v) is 11.1. The average Bonchev–Trinajstić information content (AvgIpc) is 2.88. The Hall–Kier alpha value is -4.77. The number of aromatic nitrogens is 2. The minimum Gasteiger partial charge on any atom is -0.325 e.